The number of ether oxygens (including phenoxy) is 1. The lowest BCUT2D eigenvalue weighted by Crippen LogP contribution is -2.87. The highest BCUT2D eigenvalue weighted by Gasteiger charge is 2.17. The smallest absolute Gasteiger partial charge is 0.119 e. The number of quaternary nitrogens is 1. The minimum Gasteiger partial charge on any atom is -0.490 e. The standard InChI is InChI=1S/C15H21NO/c1-2-11-17-15-9-7-13(8-10-15)12-16-14-5-3-4-6-14/h2,7-10,14,16H,1,3-6,11-12H2/p+1. The summed E-state index contributed by atoms with van der Waals surface area (Å²) in [5, 5.41) is 2.48. The van der Waals surface area contributed by atoms with Crippen LogP contribution in [0.4, 0.5) is 0 Å². The molecule has 1 aliphatic rings. The molecule has 0 spiro atoms. The molecule has 17 heavy (non-hydrogen) atoms. The van der Waals surface area contributed by atoms with Crippen LogP contribution in [-0.4, -0.2) is 12.6 Å². The molecule has 2 rings (SSSR count). The molecule has 0 heterocycles. The first-order chi connectivity index (χ1) is 8.38. The van der Waals surface area contributed by atoms with Gasteiger partial charge in [0.2, 0.25) is 0 Å². The number of benzene rings is 1. The molecule has 0 aromatic heterocycles. The van der Waals surface area contributed by atoms with E-state index in [2.05, 4.69) is 24.0 Å². The summed E-state index contributed by atoms with van der Waals surface area (Å²) in [6.07, 6.45) is 7.37. The number of hydrogen-bond donors (Lipinski definition) is 1. The lowest BCUT2D eigenvalue weighted by Gasteiger charge is -2.09. The fraction of sp³-hybridized carbons (Fsp3) is 0.467. The third kappa shape index (κ3) is 3.90. The molecule has 2 nitrogen and oxygen atoms in total. The van der Waals surface area contributed by atoms with E-state index in [1.807, 2.05) is 12.1 Å². The summed E-state index contributed by atoms with van der Waals surface area (Å²) in [5.41, 5.74) is 1.38. The second-order valence-electron chi connectivity index (χ2n) is 4.73. The van der Waals surface area contributed by atoms with Crippen LogP contribution < -0.4 is 10.1 Å². The summed E-state index contributed by atoms with van der Waals surface area (Å²) in [4.78, 5) is 0. The van der Waals surface area contributed by atoms with Gasteiger partial charge in [-0.1, -0.05) is 12.7 Å². The van der Waals surface area contributed by atoms with Crippen molar-refractivity contribution in [2.75, 3.05) is 6.61 Å². The lowest BCUT2D eigenvalue weighted by atomic mass is 10.2. The first-order valence-corrected chi connectivity index (χ1v) is 6.54. The van der Waals surface area contributed by atoms with Crippen LogP contribution in [0, 0.1) is 0 Å². The highest BCUT2D eigenvalue weighted by atomic mass is 16.5. The van der Waals surface area contributed by atoms with Gasteiger partial charge in [-0.15, -0.1) is 0 Å². The van der Waals surface area contributed by atoms with E-state index in [4.69, 9.17) is 4.74 Å². The van der Waals surface area contributed by atoms with Crippen molar-refractivity contribution >= 4 is 0 Å². The van der Waals surface area contributed by atoms with Crippen molar-refractivity contribution < 1.29 is 10.1 Å². The maximum Gasteiger partial charge on any atom is 0.119 e. The molecule has 1 aliphatic carbocycles. The van der Waals surface area contributed by atoms with E-state index in [1.165, 1.54) is 31.2 Å². The summed E-state index contributed by atoms with van der Waals surface area (Å²) in [6, 6.07) is 9.25. The van der Waals surface area contributed by atoms with E-state index >= 15 is 0 Å². The fourth-order valence-electron chi connectivity index (χ4n) is 2.37. The predicted molar refractivity (Wildman–Crippen MR) is 70.0 cm³/mol. The van der Waals surface area contributed by atoms with Gasteiger partial charge in [-0.25, -0.2) is 0 Å². The minimum absolute atomic E-state index is 0.577. The van der Waals surface area contributed by atoms with Crippen molar-refractivity contribution in [2.45, 2.75) is 38.3 Å². The Morgan fingerprint density at radius 1 is 1.24 bits per heavy atom. The van der Waals surface area contributed by atoms with Crippen molar-refractivity contribution in [3.05, 3.63) is 42.5 Å². The number of rotatable bonds is 6. The molecule has 1 saturated carbocycles. The second kappa shape index (κ2) is 6.45. The van der Waals surface area contributed by atoms with Gasteiger partial charge >= 0.3 is 0 Å². The van der Waals surface area contributed by atoms with Gasteiger partial charge in [0.25, 0.3) is 0 Å². The van der Waals surface area contributed by atoms with Crippen LogP contribution in [0.5, 0.6) is 5.75 Å². The molecule has 0 unspecified atom stereocenters. The molecule has 92 valence electrons. The Balaban J connectivity index is 1.78. The predicted octanol–water partition coefficient (Wildman–Crippen LogP) is 2.26. The lowest BCUT2D eigenvalue weighted by molar-refractivity contribution is -0.703. The maximum atomic E-state index is 5.46. The summed E-state index contributed by atoms with van der Waals surface area (Å²) < 4.78 is 5.46. The molecule has 2 N–H and O–H groups in total. The Kier molecular flexibility index (Phi) is 4.63. The molecular weight excluding hydrogens is 210 g/mol. The van der Waals surface area contributed by atoms with Crippen LogP contribution in [0.25, 0.3) is 0 Å². The third-order valence-corrected chi connectivity index (χ3v) is 3.38. The van der Waals surface area contributed by atoms with Gasteiger partial charge in [0.15, 0.2) is 0 Å². The second-order valence-corrected chi connectivity index (χ2v) is 4.73. The summed E-state index contributed by atoms with van der Waals surface area (Å²) in [5.74, 6) is 0.925. The zero-order chi connectivity index (χ0) is 11.9. The SMILES string of the molecule is C=CCOc1ccc(C[NH2+]C2CCCC2)cc1. The Morgan fingerprint density at radius 3 is 2.59 bits per heavy atom. The average Bonchev–Trinajstić information content (AvgIpc) is 2.88. The zero-order valence-electron chi connectivity index (χ0n) is 10.4. The molecule has 1 aromatic rings. The third-order valence-electron chi connectivity index (χ3n) is 3.38. The zero-order valence-corrected chi connectivity index (χ0v) is 10.4. The minimum atomic E-state index is 0.577. The molecule has 0 radical (unpaired) electrons. The molecule has 0 atom stereocenters. The Bertz CT molecular complexity index is 338. The van der Waals surface area contributed by atoms with Gasteiger partial charge in [-0.2, -0.15) is 0 Å². The van der Waals surface area contributed by atoms with Gasteiger partial charge in [-0.05, 0) is 49.9 Å². The average molecular weight is 232 g/mol. The van der Waals surface area contributed by atoms with Crippen molar-refractivity contribution in [3.8, 4) is 5.75 Å². The summed E-state index contributed by atoms with van der Waals surface area (Å²) >= 11 is 0. The highest BCUT2D eigenvalue weighted by molar-refractivity contribution is 5.26. The Hall–Kier alpha value is -1.28. The molecule has 1 aromatic carbocycles. The highest BCUT2D eigenvalue weighted by Crippen LogP contribution is 2.15. The van der Waals surface area contributed by atoms with E-state index in [1.54, 1.807) is 6.08 Å². The molecule has 0 saturated heterocycles. The van der Waals surface area contributed by atoms with Crippen molar-refractivity contribution in [1.29, 1.82) is 0 Å². The van der Waals surface area contributed by atoms with Crippen LogP contribution in [0.15, 0.2) is 36.9 Å². The molecule has 0 aliphatic heterocycles. The van der Waals surface area contributed by atoms with E-state index < -0.39 is 0 Å². The van der Waals surface area contributed by atoms with Gasteiger partial charge in [-0.3, -0.25) is 0 Å². The first kappa shape index (κ1) is 12.2. The van der Waals surface area contributed by atoms with E-state index in [0.29, 0.717) is 6.61 Å². The number of hydrogen-bond acceptors (Lipinski definition) is 1. The van der Waals surface area contributed by atoms with Crippen molar-refractivity contribution in [2.24, 2.45) is 0 Å². The van der Waals surface area contributed by atoms with Gasteiger partial charge < -0.3 is 10.1 Å². The molecule has 2 heteroatoms. The van der Waals surface area contributed by atoms with Crippen LogP contribution >= 0.6 is 0 Å². The van der Waals surface area contributed by atoms with E-state index in [9.17, 15) is 0 Å². The topological polar surface area (TPSA) is 25.8 Å². The Labute approximate surface area is 104 Å². The van der Waals surface area contributed by atoms with Crippen molar-refractivity contribution in [1.82, 2.24) is 0 Å². The quantitative estimate of drug-likeness (QED) is 0.748. The molecule has 1 fully saturated rings. The van der Waals surface area contributed by atoms with Gasteiger partial charge in [0.1, 0.15) is 18.9 Å². The van der Waals surface area contributed by atoms with Gasteiger partial charge in [0, 0.05) is 5.56 Å². The molecule has 0 amide bonds. The first-order valence-electron chi connectivity index (χ1n) is 6.54. The largest absolute Gasteiger partial charge is 0.490 e. The summed E-state index contributed by atoms with van der Waals surface area (Å²) in [6.45, 7) is 5.30. The normalized spacial score (nSPS) is 16.0. The summed E-state index contributed by atoms with van der Waals surface area (Å²) in [7, 11) is 0. The van der Waals surface area contributed by atoms with Crippen LogP contribution in [0.2, 0.25) is 0 Å². The van der Waals surface area contributed by atoms with Crippen LogP contribution in [0.1, 0.15) is 31.2 Å². The van der Waals surface area contributed by atoms with E-state index in [0.717, 1.165) is 18.3 Å². The molecule has 0 bridgehead atoms. The van der Waals surface area contributed by atoms with Crippen molar-refractivity contribution in [3.63, 3.8) is 0 Å². The number of nitrogens with two attached hydrogens (primary N) is 1. The van der Waals surface area contributed by atoms with Gasteiger partial charge in [0.05, 0.1) is 6.04 Å². The van der Waals surface area contributed by atoms with Crippen LogP contribution in [0.3, 0.4) is 0 Å². The molecular formula is C15H22NO+. The fourth-order valence-corrected chi connectivity index (χ4v) is 2.37. The maximum absolute atomic E-state index is 5.46. The monoisotopic (exact) mass is 232 g/mol. The van der Waals surface area contributed by atoms with E-state index in [-0.39, 0.29) is 0 Å². The van der Waals surface area contributed by atoms with Crippen LogP contribution in [-0.2, 0) is 6.54 Å². The Morgan fingerprint density at radius 2 is 1.94 bits per heavy atom.